The van der Waals surface area contributed by atoms with E-state index in [0.717, 1.165) is 30.2 Å². The van der Waals surface area contributed by atoms with E-state index >= 15 is 0 Å². The van der Waals surface area contributed by atoms with Crippen molar-refractivity contribution in [2.45, 2.75) is 20.1 Å². The van der Waals surface area contributed by atoms with Gasteiger partial charge in [-0.3, -0.25) is 4.68 Å². The second kappa shape index (κ2) is 6.96. The summed E-state index contributed by atoms with van der Waals surface area (Å²) in [4.78, 5) is 0. The molecule has 0 saturated heterocycles. The van der Waals surface area contributed by atoms with Gasteiger partial charge < -0.3 is 14.8 Å². The fraction of sp³-hybridized carbons (Fsp3) is 0.400. The summed E-state index contributed by atoms with van der Waals surface area (Å²) in [6, 6.07) is 5.99. The topological polar surface area (TPSA) is 48.3 Å². The van der Waals surface area contributed by atoms with Crippen molar-refractivity contribution in [3.63, 3.8) is 0 Å². The number of nitrogens with zero attached hydrogens (tertiary/aromatic N) is 2. The van der Waals surface area contributed by atoms with Crippen molar-refractivity contribution in [2.24, 2.45) is 7.05 Å². The molecule has 0 aliphatic carbocycles. The van der Waals surface area contributed by atoms with Gasteiger partial charge in [0.15, 0.2) is 11.5 Å². The number of rotatable bonds is 7. The summed E-state index contributed by atoms with van der Waals surface area (Å²) in [7, 11) is 3.54. The SMILES string of the molecule is CCNCc1ccc(OC)c(OCc2cnn(C)c2)c1. The van der Waals surface area contributed by atoms with E-state index in [0.29, 0.717) is 6.61 Å². The number of hydrogen-bond acceptors (Lipinski definition) is 4. The molecule has 20 heavy (non-hydrogen) atoms. The van der Waals surface area contributed by atoms with E-state index < -0.39 is 0 Å². The first-order valence-corrected chi connectivity index (χ1v) is 6.71. The van der Waals surface area contributed by atoms with Crippen LogP contribution in [0.5, 0.6) is 11.5 Å². The van der Waals surface area contributed by atoms with Gasteiger partial charge in [0.2, 0.25) is 0 Å². The molecule has 5 heteroatoms. The first kappa shape index (κ1) is 14.4. The predicted octanol–water partition coefficient (Wildman–Crippen LogP) is 2.12. The van der Waals surface area contributed by atoms with Crippen molar-refractivity contribution in [2.75, 3.05) is 13.7 Å². The summed E-state index contributed by atoms with van der Waals surface area (Å²) in [6.45, 7) is 4.33. The summed E-state index contributed by atoms with van der Waals surface area (Å²) in [6.07, 6.45) is 3.74. The van der Waals surface area contributed by atoms with Gasteiger partial charge >= 0.3 is 0 Å². The van der Waals surface area contributed by atoms with Crippen LogP contribution in [0.15, 0.2) is 30.6 Å². The van der Waals surface area contributed by atoms with Crippen LogP contribution < -0.4 is 14.8 Å². The number of methoxy groups -OCH3 is 1. The molecule has 108 valence electrons. The third-order valence-corrected chi connectivity index (χ3v) is 2.96. The molecule has 0 amide bonds. The highest BCUT2D eigenvalue weighted by molar-refractivity contribution is 5.43. The van der Waals surface area contributed by atoms with Crippen LogP contribution in [0.3, 0.4) is 0 Å². The molecule has 0 aliphatic rings. The van der Waals surface area contributed by atoms with Crippen LogP contribution >= 0.6 is 0 Å². The first-order valence-electron chi connectivity index (χ1n) is 6.71. The summed E-state index contributed by atoms with van der Waals surface area (Å²) < 4.78 is 12.9. The maximum absolute atomic E-state index is 5.84. The fourth-order valence-electron chi connectivity index (χ4n) is 1.92. The minimum absolute atomic E-state index is 0.481. The zero-order valence-electron chi connectivity index (χ0n) is 12.2. The lowest BCUT2D eigenvalue weighted by molar-refractivity contribution is 0.284. The molecule has 5 nitrogen and oxygen atoms in total. The molecule has 0 radical (unpaired) electrons. The van der Waals surface area contributed by atoms with Crippen LogP contribution in [-0.2, 0) is 20.2 Å². The molecule has 0 bridgehead atoms. The zero-order chi connectivity index (χ0) is 14.4. The standard InChI is InChI=1S/C15H21N3O2/c1-4-16-8-12-5-6-14(19-3)15(7-12)20-11-13-9-17-18(2)10-13/h5-7,9-10,16H,4,8,11H2,1-3H3. The highest BCUT2D eigenvalue weighted by Gasteiger charge is 2.07. The summed E-state index contributed by atoms with van der Waals surface area (Å²) in [5, 5.41) is 7.42. The lowest BCUT2D eigenvalue weighted by Crippen LogP contribution is -2.11. The molecular formula is C15H21N3O2. The van der Waals surface area contributed by atoms with Crippen molar-refractivity contribution in [1.82, 2.24) is 15.1 Å². The molecule has 0 unspecified atom stereocenters. The van der Waals surface area contributed by atoms with Crippen molar-refractivity contribution in [3.05, 3.63) is 41.7 Å². The smallest absolute Gasteiger partial charge is 0.161 e. The molecule has 0 spiro atoms. The Morgan fingerprint density at radius 2 is 2.10 bits per heavy atom. The maximum atomic E-state index is 5.84. The fourth-order valence-corrected chi connectivity index (χ4v) is 1.92. The molecule has 0 fully saturated rings. The zero-order valence-corrected chi connectivity index (χ0v) is 12.2. The Labute approximate surface area is 119 Å². The highest BCUT2D eigenvalue weighted by Crippen LogP contribution is 2.28. The Bertz CT molecular complexity index is 552. The Morgan fingerprint density at radius 1 is 1.25 bits per heavy atom. The summed E-state index contributed by atoms with van der Waals surface area (Å²) in [5.74, 6) is 1.50. The normalized spacial score (nSPS) is 10.6. The van der Waals surface area contributed by atoms with E-state index in [2.05, 4.69) is 17.3 Å². The Kier molecular flexibility index (Phi) is 5.01. The van der Waals surface area contributed by atoms with Crippen LogP contribution in [0, 0.1) is 0 Å². The molecular weight excluding hydrogens is 254 g/mol. The van der Waals surface area contributed by atoms with Gasteiger partial charge in [0.05, 0.1) is 13.3 Å². The third kappa shape index (κ3) is 3.74. The summed E-state index contributed by atoms with van der Waals surface area (Å²) in [5.41, 5.74) is 2.21. The van der Waals surface area contributed by atoms with E-state index in [1.165, 1.54) is 5.56 Å². The number of benzene rings is 1. The molecule has 0 aliphatic heterocycles. The van der Waals surface area contributed by atoms with Crippen molar-refractivity contribution in [1.29, 1.82) is 0 Å². The number of aryl methyl sites for hydroxylation is 1. The average molecular weight is 275 g/mol. The van der Waals surface area contributed by atoms with Crippen LogP contribution in [0.4, 0.5) is 0 Å². The van der Waals surface area contributed by atoms with Gasteiger partial charge in [-0.25, -0.2) is 0 Å². The largest absolute Gasteiger partial charge is 0.493 e. The van der Waals surface area contributed by atoms with E-state index in [-0.39, 0.29) is 0 Å². The van der Waals surface area contributed by atoms with Gasteiger partial charge in [-0.2, -0.15) is 5.10 Å². The molecule has 1 aromatic heterocycles. The Balaban J connectivity index is 2.07. The third-order valence-electron chi connectivity index (χ3n) is 2.96. The van der Waals surface area contributed by atoms with Crippen LogP contribution in [0.25, 0.3) is 0 Å². The minimum Gasteiger partial charge on any atom is -0.493 e. The second-order valence-electron chi connectivity index (χ2n) is 4.58. The predicted molar refractivity (Wildman–Crippen MR) is 77.9 cm³/mol. The molecule has 2 rings (SSSR count). The Hall–Kier alpha value is -2.01. The minimum atomic E-state index is 0.481. The highest BCUT2D eigenvalue weighted by atomic mass is 16.5. The van der Waals surface area contributed by atoms with Gasteiger partial charge in [0.25, 0.3) is 0 Å². The van der Waals surface area contributed by atoms with Gasteiger partial charge in [-0.1, -0.05) is 13.0 Å². The quantitative estimate of drug-likeness (QED) is 0.841. The van der Waals surface area contributed by atoms with Crippen molar-refractivity contribution < 1.29 is 9.47 Å². The van der Waals surface area contributed by atoms with Crippen molar-refractivity contribution >= 4 is 0 Å². The molecule has 1 aromatic carbocycles. The monoisotopic (exact) mass is 275 g/mol. The number of aromatic nitrogens is 2. The molecule has 1 N–H and O–H groups in total. The van der Waals surface area contributed by atoms with Crippen LogP contribution in [0.1, 0.15) is 18.1 Å². The van der Waals surface area contributed by atoms with Crippen LogP contribution in [0.2, 0.25) is 0 Å². The average Bonchev–Trinajstić information content (AvgIpc) is 2.88. The number of hydrogen-bond donors (Lipinski definition) is 1. The van der Waals surface area contributed by atoms with E-state index in [1.54, 1.807) is 18.0 Å². The van der Waals surface area contributed by atoms with Crippen LogP contribution in [-0.4, -0.2) is 23.4 Å². The maximum Gasteiger partial charge on any atom is 0.161 e. The first-order chi connectivity index (χ1) is 9.72. The number of nitrogens with one attached hydrogen (secondary N) is 1. The Morgan fingerprint density at radius 3 is 2.75 bits per heavy atom. The second-order valence-corrected chi connectivity index (χ2v) is 4.58. The van der Waals surface area contributed by atoms with Gasteiger partial charge in [0.1, 0.15) is 6.61 Å². The van der Waals surface area contributed by atoms with E-state index in [1.807, 2.05) is 31.4 Å². The van der Waals surface area contributed by atoms with Gasteiger partial charge in [0, 0.05) is 25.4 Å². The summed E-state index contributed by atoms with van der Waals surface area (Å²) >= 11 is 0. The lowest BCUT2D eigenvalue weighted by Gasteiger charge is -2.12. The van der Waals surface area contributed by atoms with Gasteiger partial charge in [-0.15, -0.1) is 0 Å². The molecule has 0 saturated carbocycles. The van der Waals surface area contributed by atoms with E-state index in [9.17, 15) is 0 Å². The van der Waals surface area contributed by atoms with E-state index in [4.69, 9.17) is 9.47 Å². The molecule has 1 heterocycles. The molecule has 2 aromatic rings. The van der Waals surface area contributed by atoms with Crippen molar-refractivity contribution in [3.8, 4) is 11.5 Å². The van der Waals surface area contributed by atoms with Gasteiger partial charge in [-0.05, 0) is 24.2 Å². The molecule has 0 atom stereocenters. The number of ether oxygens (including phenoxy) is 2. The lowest BCUT2D eigenvalue weighted by atomic mass is 10.2.